The number of ether oxygens (including phenoxy) is 1. The van der Waals surface area contributed by atoms with Crippen LogP contribution in [0, 0.1) is 6.92 Å². The maximum absolute atomic E-state index is 12.2. The molecule has 112 valence electrons. The molecule has 0 saturated carbocycles. The van der Waals surface area contributed by atoms with Gasteiger partial charge < -0.3 is 14.5 Å². The number of para-hydroxylation sites is 1. The van der Waals surface area contributed by atoms with Gasteiger partial charge in [0.2, 0.25) is 0 Å². The number of nitrogens with zero attached hydrogens (tertiary/aromatic N) is 1. The van der Waals surface area contributed by atoms with Gasteiger partial charge in [0, 0.05) is 12.6 Å². The van der Waals surface area contributed by atoms with Crippen molar-refractivity contribution in [3.05, 3.63) is 54.4 Å². The van der Waals surface area contributed by atoms with Gasteiger partial charge in [-0.25, -0.2) is 4.98 Å². The summed E-state index contributed by atoms with van der Waals surface area (Å²) < 4.78 is 11.0. The minimum absolute atomic E-state index is 0.219. The molecule has 0 fully saturated rings. The first kappa shape index (κ1) is 14.1. The first-order valence-corrected chi connectivity index (χ1v) is 7.01. The third kappa shape index (κ3) is 3.09. The van der Waals surface area contributed by atoms with E-state index in [1.165, 1.54) is 0 Å². The number of carbonyl (C=O) groups excluding carboxylic acids is 1. The molecular weight excluding hydrogens is 280 g/mol. The van der Waals surface area contributed by atoms with E-state index in [9.17, 15) is 4.79 Å². The van der Waals surface area contributed by atoms with E-state index in [0.717, 1.165) is 0 Å². The number of hydrogen-bond donors (Lipinski definition) is 1. The molecular formula is C17H16N2O3. The molecule has 1 aromatic heterocycles. The molecule has 5 nitrogen and oxygen atoms in total. The Bertz CT molecular complexity index is 796. The van der Waals surface area contributed by atoms with Crippen molar-refractivity contribution in [2.24, 2.45) is 0 Å². The second kappa shape index (κ2) is 5.89. The lowest BCUT2D eigenvalue weighted by atomic mass is 10.2. The van der Waals surface area contributed by atoms with Crippen molar-refractivity contribution in [2.45, 2.75) is 20.0 Å². The average molecular weight is 296 g/mol. The van der Waals surface area contributed by atoms with E-state index >= 15 is 0 Å². The smallest absolute Gasteiger partial charge is 0.265 e. The topological polar surface area (TPSA) is 64.4 Å². The van der Waals surface area contributed by atoms with Crippen LogP contribution in [0.2, 0.25) is 0 Å². The standard InChI is InChI=1S/C17H16N2O3/c1-11(21-14-6-4-3-5-7-14)17(20)19-13-8-9-16-15(10-13)18-12(2)22-16/h3-11H,1-2H3,(H,19,20)/t11-/m0/s1. The first-order chi connectivity index (χ1) is 10.6. The molecule has 0 saturated heterocycles. The quantitative estimate of drug-likeness (QED) is 0.799. The zero-order valence-electron chi connectivity index (χ0n) is 12.4. The number of anilines is 1. The summed E-state index contributed by atoms with van der Waals surface area (Å²) in [6, 6.07) is 14.6. The number of benzene rings is 2. The number of hydrogen-bond acceptors (Lipinski definition) is 4. The summed E-state index contributed by atoms with van der Waals surface area (Å²) in [6.45, 7) is 3.50. The largest absolute Gasteiger partial charge is 0.481 e. The number of carbonyl (C=O) groups is 1. The van der Waals surface area contributed by atoms with Crippen molar-refractivity contribution in [2.75, 3.05) is 5.32 Å². The van der Waals surface area contributed by atoms with Gasteiger partial charge in [0.15, 0.2) is 17.6 Å². The number of aryl methyl sites for hydroxylation is 1. The van der Waals surface area contributed by atoms with E-state index < -0.39 is 6.10 Å². The number of aromatic nitrogens is 1. The van der Waals surface area contributed by atoms with Gasteiger partial charge in [-0.3, -0.25) is 4.79 Å². The Hall–Kier alpha value is -2.82. The van der Waals surface area contributed by atoms with E-state index in [-0.39, 0.29) is 5.91 Å². The maximum atomic E-state index is 12.2. The van der Waals surface area contributed by atoms with Gasteiger partial charge in [0.05, 0.1) is 0 Å². The summed E-state index contributed by atoms with van der Waals surface area (Å²) in [5.74, 6) is 1.04. The second-order valence-electron chi connectivity index (χ2n) is 4.98. The molecule has 22 heavy (non-hydrogen) atoms. The average Bonchev–Trinajstić information content (AvgIpc) is 2.87. The van der Waals surface area contributed by atoms with E-state index in [4.69, 9.17) is 9.15 Å². The summed E-state index contributed by atoms with van der Waals surface area (Å²) in [5.41, 5.74) is 2.07. The maximum Gasteiger partial charge on any atom is 0.265 e. The molecule has 0 aliphatic carbocycles. The number of amides is 1. The van der Waals surface area contributed by atoms with Gasteiger partial charge in [-0.1, -0.05) is 18.2 Å². The van der Waals surface area contributed by atoms with E-state index in [2.05, 4.69) is 10.3 Å². The molecule has 0 aliphatic rings. The van der Waals surface area contributed by atoms with Crippen LogP contribution in [-0.4, -0.2) is 17.0 Å². The second-order valence-corrected chi connectivity index (χ2v) is 4.98. The highest BCUT2D eigenvalue weighted by atomic mass is 16.5. The summed E-state index contributed by atoms with van der Waals surface area (Å²) in [5, 5.41) is 2.82. The van der Waals surface area contributed by atoms with E-state index in [0.29, 0.717) is 28.4 Å². The molecule has 1 atom stereocenters. The van der Waals surface area contributed by atoms with Crippen LogP contribution >= 0.6 is 0 Å². The highest BCUT2D eigenvalue weighted by molar-refractivity contribution is 5.95. The molecule has 0 radical (unpaired) electrons. The monoisotopic (exact) mass is 296 g/mol. The normalized spacial score (nSPS) is 12.1. The lowest BCUT2D eigenvalue weighted by Gasteiger charge is -2.14. The van der Waals surface area contributed by atoms with Crippen molar-refractivity contribution in [1.82, 2.24) is 4.98 Å². The molecule has 0 unspecified atom stereocenters. The van der Waals surface area contributed by atoms with Crippen molar-refractivity contribution in [1.29, 1.82) is 0 Å². The minimum atomic E-state index is -0.600. The zero-order chi connectivity index (χ0) is 15.5. The third-order valence-corrected chi connectivity index (χ3v) is 3.19. The first-order valence-electron chi connectivity index (χ1n) is 7.01. The summed E-state index contributed by atoms with van der Waals surface area (Å²) >= 11 is 0. The predicted octanol–water partition coefficient (Wildman–Crippen LogP) is 3.54. The van der Waals surface area contributed by atoms with Gasteiger partial charge in [-0.2, -0.15) is 0 Å². The van der Waals surface area contributed by atoms with Gasteiger partial charge in [-0.15, -0.1) is 0 Å². The zero-order valence-corrected chi connectivity index (χ0v) is 12.4. The van der Waals surface area contributed by atoms with E-state index in [1.807, 2.05) is 30.3 Å². The molecule has 2 aromatic carbocycles. The van der Waals surface area contributed by atoms with Crippen LogP contribution in [0.1, 0.15) is 12.8 Å². The van der Waals surface area contributed by atoms with Crippen LogP contribution in [-0.2, 0) is 4.79 Å². The SMILES string of the molecule is Cc1nc2cc(NC(=O)[C@H](C)Oc3ccccc3)ccc2o1. The van der Waals surface area contributed by atoms with Crippen molar-refractivity contribution < 1.29 is 13.9 Å². The number of rotatable bonds is 4. The van der Waals surface area contributed by atoms with E-state index in [1.54, 1.807) is 32.0 Å². The molecule has 1 N–H and O–H groups in total. The molecule has 0 aliphatic heterocycles. The van der Waals surface area contributed by atoms with Gasteiger partial charge in [0.1, 0.15) is 11.3 Å². The summed E-state index contributed by atoms with van der Waals surface area (Å²) in [6.07, 6.45) is -0.600. The Morgan fingerprint density at radius 2 is 2.00 bits per heavy atom. The third-order valence-electron chi connectivity index (χ3n) is 3.19. The number of fused-ring (bicyclic) bond motifs is 1. The molecule has 3 aromatic rings. The predicted molar refractivity (Wildman–Crippen MR) is 83.9 cm³/mol. The molecule has 1 heterocycles. The Morgan fingerprint density at radius 1 is 1.23 bits per heavy atom. The summed E-state index contributed by atoms with van der Waals surface area (Å²) in [7, 11) is 0. The fraction of sp³-hybridized carbons (Fsp3) is 0.176. The van der Waals surface area contributed by atoms with Crippen LogP contribution in [0.4, 0.5) is 5.69 Å². The van der Waals surface area contributed by atoms with Crippen molar-refractivity contribution >= 4 is 22.7 Å². The lowest BCUT2D eigenvalue weighted by molar-refractivity contribution is -0.122. The molecule has 0 spiro atoms. The van der Waals surface area contributed by atoms with Crippen molar-refractivity contribution in [3.8, 4) is 5.75 Å². The fourth-order valence-electron chi connectivity index (χ4n) is 2.12. The lowest BCUT2D eigenvalue weighted by Crippen LogP contribution is -2.30. The number of nitrogens with one attached hydrogen (secondary N) is 1. The highest BCUT2D eigenvalue weighted by Crippen LogP contribution is 2.20. The fourth-order valence-corrected chi connectivity index (χ4v) is 2.12. The van der Waals surface area contributed by atoms with Crippen LogP contribution in [0.3, 0.4) is 0 Å². The minimum Gasteiger partial charge on any atom is -0.481 e. The van der Waals surface area contributed by atoms with Crippen LogP contribution < -0.4 is 10.1 Å². The Labute approximate surface area is 127 Å². The van der Waals surface area contributed by atoms with Crippen LogP contribution in [0.25, 0.3) is 11.1 Å². The Kier molecular flexibility index (Phi) is 3.78. The van der Waals surface area contributed by atoms with Crippen LogP contribution in [0.15, 0.2) is 52.9 Å². The summed E-state index contributed by atoms with van der Waals surface area (Å²) in [4.78, 5) is 16.4. The van der Waals surface area contributed by atoms with Crippen molar-refractivity contribution in [3.63, 3.8) is 0 Å². The van der Waals surface area contributed by atoms with Gasteiger partial charge in [0.25, 0.3) is 5.91 Å². The molecule has 0 bridgehead atoms. The highest BCUT2D eigenvalue weighted by Gasteiger charge is 2.15. The Morgan fingerprint density at radius 3 is 2.77 bits per heavy atom. The van der Waals surface area contributed by atoms with Crippen LogP contribution in [0.5, 0.6) is 5.75 Å². The van der Waals surface area contributed by atoms with Gasteiger partial charge in [-0.05, 0) is 37.3 Å². The molecule has 3 rings (SSSR count). The molecule has 5 heteroatoms. The molecule has 1 amide bonds. The number of oxazole rings is 1. The Balaban J connectivity index is 1.69. The van der Waals surface area contributed by atoms with Gasteiger partial charge >= 0.3 is 0 Å².